The Balaban J connectivity index is 2.30. The molecule has 1 heterocycles. The summed E-state index contributed by atoms with van der Waals surface area (Å²) in [5.74, 6) is 0.132. The summed E-state index contributed by atoms with van der Waals surface area (Å²) in [6.07, 6.45) is 0.455. The average molecular weight is 301 g/mol. The quantitative estimate of drug-likeness (QED) is 0.774. The second-order valence-corrected chi connectivity index (χ2v) is 6.68. The first kappa shape index (κ1) is 16.0. The van der Waals surface area contributed by atoms with Crippen LogP contribution in [-0.2, 0) is 15.3 Å². The molecular weight excluding hydrogens is 282 g/mol. The van der Waals surface area contributed by atoms with Gasteiger partial charge in [-0.05, 0) is 23.8 Å². The van der Waals surface area contributed by atoms with Crippen LogP contribution >= 0.6 is 23.1 Å². The van der Waals surface area contributed by atoms with E-state index in [1.807, 2.05) is 31.4 Å². The molecule has 1 aromatic rings. The van der Waals surface area contributed by atoms with Crippen LogP contribution in [0.4, 0.5) is 0 Å². The van der Waals surface area contributed by atoms with E-state index in [0.29, 0.717) is 12.2 Å². The van der Waals surface area contributed by atoms with Crippen LogP contribution in [0, 0.1) is 5.92 Å². The molecule has 0 spiro atoms. The van der Waals surface area contributed by atoms with Crippen molar-refractivity contribution in [3.05, 3.63) is 22.4 Å². The number of carboxylic acid groups (broad SMARTS) is 1. The van der Waals surface area contributed by atoms with Crippen molar-refractivity contribution in [1.82, 2.24) is 5.32 Å². The lowest BCUT2D eigenvalue weighted by Crippen LogP contribution is -2.42. The summed E-state index contributed by atoms with van der Waals surface area (Å²) in [7, 11) is 0. The molecule has 0 saturated carbocycles. The van der Waals surface area contributed by atoms with E-state index in [1.165, 1.54) is 16.6 Å². The minimum atomic E-state index is -0.967. The van der Waals surface area contributed by atoms with Gasteiger partial charge in [0.2, 0.25) is 5.91 Å². The lowest BCUT2D eigenvalue weighted by Gasteiger charge is -2.16. The molecule has 0 aromatic carbocycles. The molecule has 0 aliphatic rings. The number of amides is 1. The first-order valence-corrected chi connectivity index (χ1v) is 8.14. The summed E-state index contributed by atoms with van der Waals surface area (Å²) in [6, 6.07) is 3.22. The number of carbonyl (C=O) groups excluding carboxylic acids is 1. The maximum Gasteiger partial charge on any atom is 0.326 e. The van der Waals surface area contributed by atoms with Crippen LogP contribution in [0.3, 0.4) is 0 Å². The number of carboxylic acids is 1. The van der Waals surface area contributed by atoms with Crippen LogP contribution in [0.1, 0.15) is 25.1 Å². The molecule has 2 N–H and O–H groups in total. The first-order chi connectivity index (χ1) is 8.99. The van der Waals surface area contributed by atoms with Crippen molar-refractivity contribution in [3.8, 4) is 0 Å². The Morgan fingerprint density at radius 2 is 2.21 bits per heavy atom. The van der Waals surface area contributed by atoms with Gasteiger partial charge in [0.05, 0.1) is 5.75 Å². The summed E-state index contributed by atoms with van der Waals surface area (Å²) in [4.78, 5) is 23.9. The van der Waals surface area contributed by atoms with E-state index < -0.39 is 12.0 Å². The minimum Gasteiger partial charge on any atom is -0.480 e. The van der Waals surface area contributed by atoms with Crippen molar-refractivity contribution in [2.24, 2.45) is 5.92 Å². The average Bonchev–Trinajstić information content (AvgIpc) is 2.80. The molecular formula is C13H19NO3S2. The Labute approximate surface area is 121 Å². The molecule has 0 aliphatic heterocycles. The third-order valence-electron chi connectivity index (χ3n) is 2.40. The predicted molar refractivity (Wildman–Crippen MR) is 79.5 cm³/mol. The summed E-state index contributed by atoms with van der Waals surface area (Å²) in [6.45, 7) is 3.88. The monoisotopic (exact) mass is 301 g/mol. The van der Waals surface area contributed by atoms with E-state index in [2.05, 4.69) is 5.32 Å². The zero-order chi connectivity index (χ0) is 14.3. The van der Waals surface area contributed by atoms with Crippen molar-refractivity contribution >= 4 is 35.0 Å². The van der Waals surface area contributed by atoms with Crippen molar-refractivity contribution < 1.29 is 14.7 Å². The van der Waals surface area contributed by atoms with Crippen molar-refractivity contribution in [2.75, 3.05) is 5.75 Å². The number of hydrogen-bond donors (Lipinski definition) is 2. The largest absolute Gasteiger partial charge is 0.480 e. The Kier molecular flexibility index (Phi) is 6.94. The minimum absolute atomic E-state index is 0.213. The van der Waals surface area contributed by atoms with E-state index in [9.17, 15) is 9.59 Å². The number of rotatable bonds is 8. The van der Waals surface area contributed by atoms with Gasteiger partial charge in [-0.25, -0.2) is 4.79 Å². The summed E-state index contributed by atoms with van der Waals surface area (Å²) < 4.78 is 0. The number of carbonyl (C=O) groups is 2. The first-order valence-electron chi connectivity index (χ1n) is 6.11. The SMILES string of the molecule is CC(C)C[C@H](NC(=O)CSCc1cccs1)C(=O)O. The van der Waals surface area contributed by atoms with Gasteiger partial charge in [0.25, 0.3) is 0 Å². The molecule has 1 aromatic heterocycles. The van der Waals surface area contributed by atoms with Gasteiger partial charge < -0.3 is 10.4 Å². The van der Waals surface area contributed by atoms with Gasteiger partial charge >= 0.3 is 5.97 Å². The zero-order valence-electron chi connectivity index (χ0n) is 11.1. The smallest absolute Gasteiger partial charge is 0.326 e. The number of hydrogen-bond acceptors (Lipinski definition) is 4. The second kappa shape index (κ2) is 8.22. The molecule has 0 fully saturated rings. The van der Waals surface area contributed by atoms with E-state index >= 15 is 0 Å². The Morgan fingerprint density at radius 3 is 2.74 bits per heavy atom. The standard InChI is InChI=1S/C13H19NO3S2/c1-9(2)6-11(13(16)17)14-12(15)8-18-7-10-4-3-5-19-10/h3-5,9,11H,6-8H2,1-2H3,(H,14,15)(H,16,17)/t11-/m0/s1. The lowest BCUT2D eigenvalue weighted by atomic mass is 10.0. The maximum absolute atomic E-state index is 11.7. The molecule has 19 heavy (non-hydrogen) atoms. The fourth-order valence-corrected chi connectivity index (χ4v) is 3.25. The molecule has 1 amide bonds. The van der Waals surface area contributed by atoms with Crippen LogP contribution in [0.5, 0.6) is 0 Å². The molecule has 0 bridgehead atoms. The van der Waals surface area contributed by atoms with Gasteiger partial charge in [-0.2, -0.15) is 0 Å². The Morgan fingerprint density at radius 1 is 1.47 bits per heavy atom. The summed E-state index contributed by atoms with van der Waals surface area (Å²) in [5.41, 5.74) is 0. The highest BCUT2D eigenvalue weighted by molar-refractivity contribution is 7.99. The van der Waals surface area contributed by atoms with Gasteiger partial charge in [0, 0.05) is 10.6 Å². The van der Waals surface area contributed by atoms with Crippen molar-refractivity contribution in [3.63, 3.8) is 0 Å². The highest BCUT2D eigenvalue weighted by Gasteiger charge is 2.20. The van der Waals surface area contributed by atoms with E-state index in [-0.39, 0.29) is 11.8 Å². The fourth-order valence-electron chi connectivity index (χ4n) is 1.57. The van der Waals surface area contributed by atoms with E-state index in [4.69, 9.17) is 5.11 Å². The molecule has 1 atom stereocenters. The molecule has 6 heteroatoms. The highest BCUT2D eigenvalue weighted by atomic mass is 32.2. The highest BCUT2D eigenvalue weighted by Crippen LogP contribution is 2.16. The maximum atomic E-state index is 11.7. The molecule has 1 rings (SSSR count). The number of aliphatic carboxylic acids is 1. The van der Waals surface area contributed by atoms with Gasteiger partial charge in [-0.15, -0.1) is 23.1 Å². The topological polar surface area (TPSA) is 66.4 Å². The van der Waals surface area contributed by atoms with Gasteiger partial charge in [0.15, 0.2) is 0 Å². The van der Waals surface area contributed by atoms with E-state index in [1.54, 1.807) is 11.3 Å². The number of thioether (sulfide) groups is 1. The van der Waals surface area contributed by atoms with E-state index in [0.717, 1.165) is 5.75 Å². The molecule has 0 aliphatic carbocycles. The fraction of sp³-hybridized carbons (Fsp3) is 0.538. The Hall–Kier alpha value is -1.01. The molecule has 4 nitrogen and oxygen atoms in total. The predicted octanol–water partition coefficient (Wildman–Crippen LogP) is 2.60. The third-order valence-corrected chi connectivity index (χ3v) is 4.44. The number of nitrogens with one attached hydrogen (secondary N) is 1. The Bertz CT molecular complexity index is 404. The van der Waals surface area contributed by atoms with Crippen LogP contribution in [0.2, 0.25) is 0 Å². The van der Waals surface area contributed by atoms with Gasteiger partial charge in [-0.3, -0.25) is 4.79 Å². The zero-order valence-corrected chi connectivity index (χ0v) is 12.7. The van der Waals surface area contributed by atoms with Crippen molar-refractivity contribution in [1.29, 1.82) is 0 Å². The second-order valence-electron chi connectivity index (χ2n) is 4.66. The summed E-state index contributed by atoms with van der Waals surface area (Å²) in [5, 5.41) is 13.6. The molecule has 0 radical (unpaired) electrons. The van der Waals surface area contributed by atoms with Gasteiger partial charge in [0.1, 0.15) is 6.04 Å². The van der Waals surface area contributed by atoms with Crippen LogP contribution < -0.4 is 5.32 Å². The van der Waals surface area contributed by atoms with Crippen LogP contribution in [0.15, 0.2) is 17.5 Å². The van der Waals surface area contributed by atoms with Crippen LogP contribution in [0.25, 0.3) is 0 Å². The van der Waals surface area contributed by atoms with Gasteiger partial charge in [-0.1, -0.05) is 19.9 Å². The van der Waals surface area contributed by atoms with Crippen LogP contribution in [-0.4, -0.2) is 28.8 Å². The molecule has 0 saturated heterocycles. The molecule has 0 unspecified atom stereocenters. The molecule has 106 valence electrons. The summed E-state index contributed by atoms with van der Waals surface area (Å²) >= 11 is 3.15. The normalized spacial score (nSPS) is 12.4. The van der Waals surface area contributed by atoms with Crippen molar-refractivity contribution in [2.45, 2.75) is 32.1 Å². The third kappa shape index (κ3) is 6.63. The lowest BCUT2D eigenvalue weighted by molar-refractivity contribution is -0.141. The number of thiophene rings is 1.